The molecule has 2 heterocycles. The SMILES string of the molecule is Cl.Cl.O=C(c1cccc(-n2cncn2)c1)N1CCC(NCC2CC2)CC1. The number of aromatic nitrogens is 3. The summed E-state index contributed by atoms with van der Waals surface area (Å²) in [6.45, 7) is 2.81. The number of carbonyl (C=O) groups is 1. The molecule has 1 saturated carbocycles. The molecule has 8 heteroatoms. The second-order valence-corrected chi connectivity index (χ2v) is 6.81. The molecule has 1 aliphatic carbocycles. The molecule has 1 amide bonds. The van der Waals surface area contributed by atoms with E-state index in [9.17, 15) is 4.79 Å². The normalized spacial score (nSPS) is 17.3. The van der Waals surface area contributed by atoms with Crippen LogP contribution in [-0.4, -0.2) is 51.2 Å². The maximum atomic E-state index is 12.8. The summed E-state index contributed by atoms with van der Waals surface area (Å²) in [5.41, 5.74) is 1.58. The van der Waals surface area contributed by atoms with Crippen LogP contribution < -0.4 is 5.32 Å². The monoisotopic (exact) mass is 397 g/mol. The van der Waals surface area contributed by atoms with Crippen molar-refractivity contribution in [1.82, 2.24) is 25.0 Å². The summed E-state index contributed by atoms with van der Waals surface area (Å²) in [6, 6.07) is 8.15. The fraction of sp³-hybridized carbons (Fsp3) is 0.500. The summed E-state index contributed by atoms with van der Waals surface area (Å²) in [5, 5.41) is 7.78. The Bertz CT molecular complexity index is 697. The van der Waals surface area contributed by atoms with E-state index >= 15 is 0 Å². The van der Waals surface area contributed by atoms with Gasteiger partial charge >= 0.3 is 0 Å². The number of benzene rings is 1. The van der Waals surface area contributed by atoms with Crippen molar-refractivity contribution < 1.29 is 4.79 Å². The van der Waals surface area contributed by atoms with Gasteiger partial charge in [0.25, 0.3) is 5.91 Å². The van der Waals surface area contributed by atoms with Crippen molar-refractivity contribution in [3.8, 4) is 5.69 Å². The van der Waals surface area contributed by atoms with Crippen LogP contribution in [0.25, 0.3) is 5.69 Å². The summed E-state index contributed by atoms with van der Waals surface area (Å²) in [4.78, 5) is 18.7. The molecule has 1 aromatic heterocycles. The molecule has 0 radical (unpaired) electrons. The highest BCUT2D eigenvalue weighted by molar-refractivity contribution is 5.94. The molecule has 2 fully saturated rings. The Morgan fingerprint density at radius 1 is 1.15 bits per heavy atom. The number of likely N-dealkylation sites (tertiary alicyclic amines) is 1. The highest BCUT2D eigenvalue weighted by atomic mass is 35.5. The zero-order chi connectivity index (χ0) is 16.4. The van der Waals surface area contributed by atoms with Crippen molar-refractivity contribution in [1.29, 1.82) is 0 Å². The van der Waals surface area contributed by atoms with E-state index in [2.05, 4.69) is 15.4 Å². The van der Waals surface area contributed by atoms with Crippen molar-refractivity contribution in [2.75, 3.05) is 19.6 Å². The standard InChI is InChI=1S/C18H23N5O.2ClH/c24-18(15-2-1-3-17(10-15)23-13-19-12-21-23)22-8-6-16(7-9-22)20-11-14-4-5-14;;/h1-3,10,12-14,16,20H,4-9,11H2;2*1H. The molecule has 1 aromatic carbocycles. The first-order valence-electron chi connectivity index (χ1n) is 8.77. The van der Waals surface area contributed by atoms with E-state index in [1.54, 1.807) is 11.0 Å². The quantitative estimate of drug-likeness (QED) is 0.842. The predicted molar refractivity (Wildman–Crippen MR) is 106 cm³/mol. The highest BCUT2D eigenvalue weighted by Gasteiger charge is 2.26. The maximum absolute atomic E-state index is 12.8. The molecule has 1 saturated heterocycles. The van der Waals surface area contributed by atoms with Crippen molar-refractivity contribution >= 4 is 30.7 Å². The number of rotatable bonds is 5. The first-order valence-corrected chi connectivity index (χ1v) is 8.77. The van der Waals surface area contributed by atoms with Gasteiger partial charge in [-0.05, 0) is 56.3 Å². The Balaban J connectivity index is 0.00000121. The van der Waals surface area contributed by atoms with Gasteiger partial charge in [0, 0.05) is 24.7 Å². The third-order valence-electron chi connectivity index (χ3n) is 4.95. The molecule has 1 N–H and O–H groups in total. The van der Waals surface area contributed by atoms with E-state index in [1.165, 1.54) is 19.2 Å². The average molecular weight is 398 g/mol. The number of nitrogens with zero attached hydrogens (tertiary/aromatic N) is 4. The van der Waals surface area contributed by atoms with Gasteiger partial charge in [0.15, 0.2) is 0 Å². The van der Waals surface area contributed by atoms with E-state index in [1.807, 2.05) is 29.2 Å². The average Bonchev–Trinajstić information content (AvgIpc) is 3.30. The van der Waals surface area contributed by atoms with E-state index in [0.29, 0.717) is 11.6 Å². The molecular formula is C18H25Cl2N5O. The zero-order valence-corrected chi connectivity index (χ0v) is 16.2. The van der Waals surface area contributed by atoms with Crippen LogP contribution in [0.5, 0.6) is 0 Å². The molecule has 2 aliphatic rings. The predicted octanol–water partition coefficient (Wildman–Crippen LogP) is 2.72. The number of hydrogen-bond donors (Lipinski definition) is 1. The van der Waals surface area contributed by atoms with Crippen molar-refractivity contribution in [2.24, 2.45) is 5.92 Å². The van der Waals surface area contributed by atoms with Crippen molar-refractivity contribution in [3.63, 3.8) is 0 Å². The van der Waals surface area contributed by atoms with Gasteiger partial charge in [-0.25, -0.2) is 9.67 Å². The molecule has 0 bridgehead atoms. The Kier molecular flexibility index (Phi) is 7.43. The van der Waals surface area contributed by atoms with Gasteiger partial charge in [-0.3, -0.25) is 4.79 Å². The van der Waals surface area contributed by atoms with Gasteiger partial charge in [0.1, 0.15) is 12.7 Å². The Morgan fingerprint density at radius 3 is 2.58 bits per heavy atom. The smallest absolute Gasteiger partial charge is 0.253 e. The lowest BCUT2D eigenvalue weighted by atomic mass is 10.0. The van der Waals surface area contributed by atoms with Gasteiger partial charge in [-0.1, -0.05) is 6.07 Å². The molecule has 0 atom stereocenters. The molecular weight excluding hydrogens is 373 g/mol. The fourth-order valence-electron chi connectivity index (χ4n) is 3.25. The largest absolute Gasteiger partial charge is 0.339 e. The molecule has 0 spiro atoms. The Labute approximate surface area is 166 Å². The number of hydrogen-bond acceptors (Lipinski definition) is 4. The van der Waals surface area contributed by atoms with E-state index < -0.39 is 0 Å². The second-order valence-electron chi connectivity index (χ2n) is 6.81. The van der Waals surface area contributed by atoms with Gasteiger partial charge < -0.3 is 10.2 Å². The third-order valence-corrected chi connectivity index (χ3v) is 4.95. The van der Waals surface area contributed by atoms with Crippen LogP contribution in [0.15, 0.2) is 36.9 Å². The highest BCUT2D eigenvalue weighted by Crippen LogP contribution is 2.28. The number of amides is 1. The summed E-state index contributed by atoms with van der Waals surface area (Å²) >= 11 is 0. The summed E-state index contributed by atoms with van der Waals surface area (Å²) in [5.74, 6) is 1.02. The first-order chi connectivity index (χ1) is 11.8. The Morgan fingerprint density at radius 2 is 1.92 bits per heavy atom. The fourth-order valence-corrected chi connectivity index (χ4v) is 3.25. The minimum absolute atomic E-state index is 0. The molecule has 4 rings (SSSR count). The van der Waals surface area contributed by atoms with Gasteiger partial charge in [0.05, 0.1) is 5.69 Å². The maximum Gasteiger partial charge on any atom is 0.253 e. The molecule has 2 aromatic rings. The van der Waals surface area contributed by atoms with E-state index in [4.69, 9.17) is 0 Å². The number of halogens is 2. The van der Waals surface area contributed by atoms with Crippen LogP contribution in [0.4, 0.5) is 0 Å². The van der Waals surface area contributed by atoms with E-state index in [0.717, 1.165) is 44.1 Å². The minimum Gasteiger partial charge on any atom is -0.339 e. The number of nitrogens with one attached hydrogen (secondary N) is 1. The lowest BCUT2D eigenvalue weighted by Crippen LogP contribution is -2.45. The van der Waals surface area contributed by atoms with Crippen LogP contribution in [0.2, 0.25) is 0 Å². The van der Waals surface area contributed by atoms with Crippen molar-refractivity contribution in [2.45, 2.75) is 31.7 Å². The minimum atomic E-state index is 0. The number of piperidine rings is 1. The molecule has 1 aliphatic heterocycles. The lowest BCUT2D eigenvalue weighted by molar-refractivity contribution is 0.0705. The van der Waals surface area contributed by atoms with Crippen molar-refractivity contribution in [3.05, 3.63) is 42.5 Å². The number of carbonyl (C=O) groups excluding carboxylic acids is 1. The van der Waals surface area contributed by atoms with Crippen LogP contribution in [0.3, 0.4) is 0 Å². The van der Waals surface area contributed by atoms with Crippen LogP contribution in [0.1, 0.15) is 36.0 Å². The topological polar surface area (TPSA) is 63.1 Å². The van der Waals surface area contributed by atoms with Gasteiger partial charge in [0.2, 0.25) is 0 Å². The Hall–Kier alpha value is -1.63. The molecule has 6 nitrogen and oxygen atoms in total. The lowest BCUT2D eigenvalue weighted by Gasteiger charge is -2.32. The summed E-state index contributed by atoms with van der Waals surface area (Å²) < 4.78 is 1.67. The summed E-state index contributed by atoms with van der Waals surface area (Å²) in [7, 11) is 0. The van der Waals surface area contributed by atoms with Crippen LogP contribution in [0, 0.1) is 5.92 Å². The first kappa shape index (κ1) is 20.7. The molecule has 142 valence electrons. The van der Waals surface area contributed by atoms with Gasteiger partial charge in [-0.15, -0.1) is 24.8 Å². The van der Waals surface area contributed by atoms with Gasteiger partial charge in [-0.2, -0.15) is 5.10 Å². The van der Waals surface area contributed by atoms with Crippen LogP contribution >= 0.6 is 24.8 Å². The molecule has 0 unspecified atom stereocenters. The van der Waals surface area contributed by atoms with Crippen LogP contribution in [-0.2, 0) is 0 Å². The second kappa shape index (κ2) is 9.35. The summed E-state index contributed by atoms with van der Waals surface area (Å²) in [6.07, 6.45) is 7.98. The zero-order valence-electron chi connectivity index (χ0n) is 14.6. The third kappa shape index (κ3) is 4.96. The van der Waals surface area contributed by atoms with E-state index in [-0.39, 0.29) is 30.7 Å². The molecule has 26 heavy (non-hydrogen) atoms.